The molecule has 2 aliphatic rings. The summed E-state index contributed by atoms with van der Waals surface area (Å²) in [5.41, 5.74) is 9.39. The van der Waals surface area contributed by atoms with Gasteiger partial charge in [0.25, 0.3) is 0 Å². The molecule has 0 amide bonds. The molecule has 2 aliphatic heterocycles. The van der Waals surface area contributed by atoms with Crippen LogP contribution in [0.1, 0.15) is 67.3 Å². The van der Waals surface area contributed by atoms with E-state index in [0.717, 1.165) is 28.7 Å². The van der Waals surface area contributed by atoms with Crippen molar-refractivity contribution < 1.29 is 0 Å². The van der Waals surface area contributed by atoms with Crippen LogP contribution in [-0.4, -0.2) is 36.1 Å². The molecule has 3 heterocycles. The number of nitrogens with one attached hydrogen (secondary N) is 1. The Balaban J connectivity index is 1.70. The number of hydrogen-bond acceptors (Lipinski definition) is 3. The van der Waals surface area contributed by atoms with Crippen molar-refractivity contribution in [2.24, 2.45) is 0 Å². The van der Waals surface area contributed by atoms with E-state index in [1.807, 2.05) is 12.1 Å². The van der Waals surface area contributed by atoms with Crippen LogP contribution in [0.25, 0.3) is 16.5 Å². The van der Waals surface area contributed by atoms with Gasteiger partial charge >= 0.3 is 0 Å². The molecule has 0 radical (unpaired) electrons. The first-order chi connectivity index (χ1) is 15.4. The number of aromatic amines is 1. The zero-order chi connectivity index (χ0) is 22.6. The number of rotatable bonds is 3. The molecule has 5 rings (SSSR count). The normalized spacial score (nSPS) is 17.0. The third kappa shape index (κ3) is 3.15. The van der Waals surface area contributed by atoms with Gasteiger partial charge in [0.1, 0.15) is 5.82 Å². The van der Waals surface area contributed by atoms with Crippen LogP contribution in [0.4, 0.5) is 11.5 Å². The Hall–Kier alpha value is -3.03. The van der Waals surface area contributed by atoms with Crippen LogP contribution in [0.15, 0.2) is 36.9 Å². The topological polar surface area (TPSA) is 46.1 Å². The molecule has 0 saturated carbocycles. The van der Waals surface area contributed by atoms with Gasteiger partial charge in [-0.25, -0.2) is 0 Å². The predicted octanol–water partition coefficient (Wildman–Crippen LogP) is 6.33. The molecule has 32 heavy (non-hydrogen) atoms. The van der Waals surface area contributed by atoms with Gasteiger partial charge in [-0.3, -0.25) is 0 Å². The maximum absolute atomic E-state index is 9.37. The average molecular weight is 425 g/mol. The lowest BCUT2D eigenvalue weighted by Gasteiger charge is -2.37. The SMILES string of the molecule is C=C1c2cc(CC)c(C3CCN(C)CC3)cc2N(C(C)C)c2[nH]c3cc(C#N)ccc3c21. The van der Waals surface area contributed by atoms with Crippen molar-refractivity contribution in [3.63, 3.8) is 0 Å². The second kappa shape index (κ2) is 7.83. The number of likely N-dealkylation sites (tertiary alicyclic amines) is 1. The van der Waals surface area contributed by atoms with Gasteiger partial charge in [-0.05, 0) is 100 Å². The molecule has 0 aliphatic carbocycles. The number of nitriles is 1. The maximum atomic E-state index is 9.37. The quantitative estimate of drug-likeness (QED) is 0.534. The molecule has 4 heteroatoms. The van der Waals surface area contributed by atoms with Gasteiger partial charge in [-0.2, -0.15) is 5.26 Å². The lowest BCUT2D eigenvalue weighted by atomic mass is 9.82. The minimum absolute atomic E-state index is 0.293. The first-order valence-corrected chi connectivity index (χ1v) is 11.8. The Morgan fingerprint density at radius 1 is 1.19 bits per heavy atom. The highest BCUT2D eigenvalue weighted by atomic mass is 15.2. The summed E-state index contributed by atoms with van der Waals surface area (Å²) in [5, 5.41) is 10.5. The Labute approximate surface area is 191 Å². The molecular formula is C28H32N4. The van der Waals surface area contributed by atoms with Crippen molar-refractivity contribution >= 4 is 28.0 Å². The van der Waals surface area contributed by atoms with Crippen molar-refractivity contribution in [1.29, 1.82) is 5.26 Å². The number of piperidine rings is 1. The molecule has 164 valence electrons. The van der Waals surface area contributed by atoms with E-state index in [0.29, 0.717) is 17.5 Å². The number of aryl methyl sites for hydroxylation is 1. The number of nitrogens with zero attached hydrogens (tertiary/aromatic N) is 3. The zero-order valence-corrected chi connectivity index (χ0v) is 19.6. The highest BCUT2D eigenvalue weighted by molar-refractivity contribution is 6.08. The van der Waals surface area contributed by atoms with Gasteiger partial charge in [0, 0.05) is 28.1 Å². The Bertz CT molecular complexity index is 1250. The summed E-state index contributed by atoms with van der Waals surface area (Å²) < 4.78 is 0. The first-order valence-electron chi connectivity index (χ1n) is 11.8. The molecule has 0 bridgehead atoms. The van der Waals surface area contributed by atoms with Crippen LogP contribution in [-0.2, 0) is 6.42 Å². The highest BCUT2D eigenvalue weighted by Gasteiger charge is 2.32. The van der Waals surface area contributed by atoms with Crippen LogP contribution in [0.3, 0.4) is 0 Å². The number of benzene rings is 2. The van der Waals surface area contributed by atoms with Gasteiger partial charge in [-0.1, -0.05) is 19.6 Å². The molecule has 1 fully saturated rings. The maximum Gasteiger partial charge on any atom is 0.119 e. The van der Waals surface area contributed by atoms with E-state index in [1.165, 1.54) is 53.9 Å². The fourth-order valence-corrected chi connectivity index (χ4v) is 5.63. The first kappa shape index (κ1) is 20.8. The summed E-state index contributed by atoms with van der Waals surface area (Å²) in [5.74, 6) is 1.72. The summed E-state index contributed by atoms with van der Waals surface area (Å²) in [6.45, 7) is 13.7. The second-order valence-electron chi connectivity index (χ2n) is 9.66. The zero-order valence-electron chi connectivity index (χ0n) is 19.6. The van der Waals surface area contributed by atoms with Crippen LogP contribution in [0, 0.1) is 11.3 Å². The third-order valence-corrected chi connectivity index (χ3v) is 7.35. The summed E-state index contributed by atoms with van der Waals surface area (Å²) in [4.78, 5) is 8.51. The molecular weight excluding hydrogens is 392 g/mol. The van der Waals surface area contributed by atoms with Gasteiger partial charge in [0.2, 0.25) is 0 Å². The molecule has 1 saturated heterocycles. The van der Waals surface area contributed by atoms with Crippen LogP contribution < -0.4 is 4.90 Å². The minimum atomic E-state index is 0.293. The van der Waals surface area contributed by atoms with Crippen molar-refractivity contribution in [3.8, 4) is 6.07 Å². The van der Waals surface area contributed by atoms with Gasteiger partial charge in [0.05, 0.1) is 17.3 Å². The molecule has 0 unspecified atom stereocenters. The van der Waals surface area contributed by atoms with Crippen LogP contribution in [0.2, 0.25) is 0 Å². The van der Waals surface area contributed by atoms with Crippen molar-refractivity contribution in [1.82, 2.24) is 9.88 Å². The molecule has 1 aromatic heterocycles. The summed E-state index contributed by atoms with van der Waals surface area (Å²) in [6.07, 6.45) is 3.48. The van der Waals surface area contributed by atoms with Gasteiger partial charge in [0.15, 0.2) is 0 Å². The van der Waals surface area contributed by atoms with Gasteiger partial charge < -0.3 is 14.8 Å². The fourth-order valence-electron chi connectivity index (χ4n) is 5.63. The number of hydrogen-bond donors (Lipinski definition) is 1. The third-order valence-electron chi connectivity index (χ3n) is 7.35. The van der Waals surface area contributed by atoms with E-state index >= 15 is 0 Å². The Morgan fingerprint density at radius 2 is 1.94 bits per heavy atom. The van der Waals surface area contributed by atoms with Crippen molar-refractivity contribution in [2.45, 2.75) is 52.0 Å². The van der Waals surface area contributed by atoms with Crippen molar-refractivity contribution in [3.05, 3.63) is 64.7 Å². The second-order valence-corrected chi connectivity index (χ2v) is 9.66. The van der Waals surface area contributed by atoms with Crippen LogP contribution >= 0.6 is 0 Å². The molecule has 1 N–H and O–H groups in total. The monoisotopic (exact) mass is 424 g/mol. The molecule has 0 spiro atoms. The summed E-state index contributed by atoms with van der Waals surface area (Å²) in [7, 11) is 2.23. The number of aromatic nitrogens is 1. The minimum Gasteiger partial charge on any atom is -0.341 e. The van der Waals surface area contributed by atoms with Crippen LogP contribution in [0.5, 0.6) is 0 Å². The van der Waals surface area contributed by atoms with E-state index in [9.17, 15) is 5.26 Å². The standard InChI is InChI=1S/C28H32N4/c1-6-20-14-23-18(4)27-22-8-7-19(16-29)13-25(22)30-28(27)32(17(2)3)26(23)15-24(20)21-9-11-31(5)12-10-21/h7-8,13-15,17,21,30H,4,6,9-12H2,1-3,5H3. The molecule has 2 aromatic carbocycles. The molecule has 3 aromatic rings. The number of anilines is 2. The highest BCUT2D eigenvalue weighted by Crippen LogP contribution is 2.50. The predicted molar refractivity (Wildman–Crippen MR) is 134 cm³/mol. The number of fused-ring (bicyclic) bond motifs is 4. The largest absolute Gasteiger partial charge is 0.341 e. The van der Waals surface area contributed by atoms with E-state index in [-0.39, 0.29) is 0 Å². The molecule has 0 atom stereocenters. The Morgan fingerprint density at radius 3 is 2.59 bits per heavy atom. The van der Waals surface area contributed by atoms with E-state index in [1.54, 1.807) is 0 Å². The number of H-pyrrole nitrogens is 1. The fraction of sp³-hybridized carbons (Fsp3) is 0.393. The van der Waals surface area contributed by atoms with Crippen molar-refractivity contribution in [2.75, 3.05) is 25.0 Å². The lowest BCUT2D eigenvalue weighted by Crippen LogP contribution is -2.31. The average Bonchev–Trinajstić information content (AvgIpc) is 3.17. The Kier molecular flexibility index (Phi) is 5.10. The van der Waals surface area contributed by atoms with E-state index in [2.05, 4.69) is 73.4 Å². The summed E-state index contributed by atoms with van der Waals surface area (Å²) in [6, 6.07) is 13.3. The van der Waals surface area contributed by atoms with E-state index < -0.39 is 0 Å². The summed E-state index contributed by atoms with van der Waals surface area (Å²) >= 11 is 0. The van der Waals surface area contributed by atoms with E-state index in [4.69, 9.17) is 0 Å². The van der Waals surface area contributed by atoms with Gasteiger partial charge in [-0.15, -0.1) is 0 Å². The lowest BCUT2D eigenvalue weighted by molar-refractivity contribution is 0.255. The molecule has 4 nitrogen and oxygen atoms in total. The smallest absolute Gasteiger partial charge is 0.119 e.